The molecule has 1 aromatic carbocycles. The van der Waals surface area contributed by atoms with Gasteiger partial charge in [0.2, 0.25) is 5.91 Å². The summed E-state index contributed by atoms with van der Waals surface area (Å²) >= 11 is 0. The Morgan fingerprint density at radius 3 is 3.05 bits per heavy atom. The maximum absolute atomic E-state index is 12.1. The highest BCUT2D eigenvalue weighted by atomic mass is 16.5. The van der Waals surface area contributed by atoms with Crippen LogP contribution in [0, 0.1) is 0 Å². The molecule has 0 bridgehead atoms. The second-order valence-corrected chi connectivity index (χ2v) is 4.41. The summed E-state index contributed by atoms with van der Waals surface area (Å²) in [6, 6.07) is 7.63. The number of fused-ring (bicyclic) bond motifs is 1. The van der Waals surface area contributed by atoms with Gasteiger partial charge in [0.05, 0.1) is 20.2 Å². The monoisotopic (exact) mass is 270 g/mol. The minimum Gasteiger partial charge on any atom is -0.497 e. The van der Waals surface area contributed by atoms with Crippen molar-refractivity contribution in [3.8, 4) is 5.75 Å². The van der Waals surface area contributed by atoms with Crippen molar-refractivity contribution >= 4 is 17.5 Å². The number of anilines is 2. The first kappa shape index (κ1) is 12.4. The molecule has 0 radical (unpaired) electrons. The van der Waals surface area contributed by atoms with Crippen LogP contribution < -0.4 is 15.0 Å². The standard InChI is InChI=1S/C14H14N4O2/c1-20-11-4-2-3-10(7-11)9-18-12(19)8-17-13-14(18)16-6-5-15-13/h2-7H,8-9H2,1H3,(H,15,17). The third-order valence-electron chi connectivity index (χ3n) is 3.12. The van der Waals surface area contributed by atoms with E-state index in [4.69, 9.17) is 4.74 Å². The lowest BCUT2D eigenvalue weighted by Gasteiger charge is -2.28. The average molecular weight is 270 g/mol. The lowest BCUT2D eigenvalue weighted by Crippen LogP contribution is -2.40. The highest BCUT2D eigenvalue weighted by Gasteiger charge is 2.25. The summed E-state index contributed by atoms with van der Waals surface area (Å²) in [6.45, 7) is 0.680. The van der Waals surface area contributed by atoms with E-state index >= 15 is 0 Å². The largest absolute Gasteiger partial charge is 0.497 e. The van der Waals surface area contributed by atoms with E-state index in [0.717, 1.165) is 11.3 Å². The molecule has 0 saturated heterocycles. The predicted octanol–water partition coefficient (Wildman–Crippen LogP) is 1.44. The van der Waals surface area contributed by atoms with E-state index in [1.165, 1.54) is 0 Å². The fraction of sp³-hybridized carbons (Fsp3) is 0.214. The van der Waals surface area contributed by atoms with Gasteiger partial charge in [-0.2, -0.15) is 0 Å². The van der Waals surface area contributed by atoms with Gasteiger partial charge in [-0.1, -0.05) is 12.1 Å². The average Bonchev–Trinajstić information content (AvgIpc) is 2.50. The van der Waals surface area contributed by atoms with Crippen molar-refractivity contribution in [2.75, 3.05) is 23.9 Å². The Bertz CT molecular complexity index is 645. The number of aromatic nitrogens is 2. The highest BCUT2D eigenvalue weighted by molar-refractivity contribution is 6.00. The number of nitrogens with one attached hydrogen (secondary N) is 1. The van der Waals surface area contributed by atoms with Crippen LogP contribution in [0.4, 0.5) is 11.6 Å². The van der Waals surface area contributed by atoms with Crippen molar-refractivity contribution in [1.29, 1.82) is 0 Å². The normalized spacial score (nSPS) is 13.7. The molecule has 0 aliphatic carbocycles. The molecule has 102 valence electrons. The van der Waals surface area contributed by atoms with E-state index in [9.17, 15) is 4.79 Å². The third kappa shape index (κ3) is 2.27. The lowest BCUT2D eigenvalue weighted by atomic mass is 10.2. The van der Waals surface area contributed by atoms with Crippen molar-refractivity contribution in [3.63, 3.8) is 0 Å². The number of amides is 1. The Morgan fingerprint density at radius 2 is 2.20 bits per heavy atom. The Kier molecular flexibility index (Phi) is 3.20. The van der Waals surface area contributed by atoms with Crippen molar-refractivity contribution in [2.24, 2.45) is 0 Å². The summed E-state index contributed by atoms with van der Waals surface area (Å²) in [5, 5.41) is 2.96. The van der Waals surface area contributed by atoms with Crippen LogP contribution in [0.25, 0.3) is 0 Å². The second kappa shape index (κ2) is 5.16. The van der Waals surface area contributed by atoms with Crippen molar-refractivity contribution in [3.05, 3.63) is 42.2 Å². The second-order valence-electron chi connectivity index (χ2n) is 4.41. The van der Waals surface area contributed by atoms with Crippen molar-refractivity contribution in [1.82, 2.24) is 9.97 Å². The van der Waals surface area contributed by atoms with Crippen LogP contribution in [0.1, 0.15) is 5.56 Å². The molecule has 1 N–H and O–H groups in total. The summed E-state index contributed by atoms with van der Waals surface area (Å²) < 4.78 is 5.20. The van der Waals surface area contributed by atoms with Gasteiger partial charge in [-0.3, -0.25) is 9.69 Å². The molecule has 0 spiro atoms. The fourth-order valence-electron chi connectivity index (χ4n) is 2.14. The number of hydrogen-bond donors (Lipinski definition) is 1. The van der Waals surface area contributed by atoms with Gasteiger partial charge in [0.1, 0.15) is 5.75 Å². The van der Waals surface area contributed by atoms with Crippen molar-refractivity contribution in [2.45, 2.75) is 6.54 Å². The first-order chi connectivity index (χ1) is 9.78. The van der Waals surface area contributed by atoms with Gasteiger partial charge >= 0.3 is 0 Å². The first-order valence-electron chi connectivity index (χ1n) is 6.26. The highest BCUT2D eigenvalue weighted by Crippen LogP contribution is 2.26. The van der Waals surface area contributed by atoms with Gasteiger partial charge in [0, 0.05) is 12.4 Å². The predicted molar refractivity (Wildman–Crippen MR) is 74.7 cm³/mol. The summed E-state index contributed by atoms with van der Waals surface area (Å²) in [4.78, 5) is 22.1. The molecule has 1 aliphatic rings. The quantitative estimate of drug-likeness (QED) is 0.914. The molecule has 6 nitrogen and oxygen atoms in total. The van der Waals surface area contributed by atoms with Gasteiger partial charge in [-0.05, 0) is 17.7 Å². The molecule has 1 amide bonds. The molecule has 0 saturated carbocycles. The van der Waals surface area contributed by atoms with Gasteiger partial charge in [-0.15, -0.1) is 0 Å². The Balaban J connectivity index is 1.91. The fourth-order valence-corrected chi connectivity index (χ4v) is 2.14. The summed E-state index contributed by atoms with van der Waals surface area (Å²) in [5.41, 5.74) is 0.983. The number of hydrogen-bond acceptors (Lipinski definition) is 5. The summed E-state index contributed by atoms with van der Waals surface area (Å²) in [5.74, 6) is 1.94. The number of methoxy groups -OCH3 is 1. The topological polar surface area (TPSA) is 67.3 Å². The Hall–Kier alpha value is -2.63. The number of rotatable bonds is 3. The Morgan fingerprint density at radius 1 is 1.35 bits per heavy atom. The maximum atomic E-state index is 12.1. The molecule has 20 heavy (non-hydrogen) atoms. The molecule has 6 heteroatoms. The zero-order chi connectivity index (χ0) is 13.9. The number of nitrogens with zero attached hydrogens (tertiary/aromatic N) is 3. The number of carbonyl (C=O) groups excluding carboxylic acids is 1. The van der Waals surface area contributed by atoms with E-state index in [1.54, 1.807) is 24.4 Å². The number of ether oxygens (including phenoxy) is 1. The van der Waals surface area contributed by atoms with Gasteiger partial charge < -0.3 is 10.1 Å². The van der Waals surface area contributed by atoms with Gasteiger partial charge in [0.25, 0.3) is 0 Å². The van der Waals surface area contributed by atoms with Crippen LogP contribution in [0.15, 0.2) is 36.7 Å². The molecule has 0 fully saturated rings. The summed E-state index contributed by atoms with van der Waals surface area (Å²) in [7, 11) is 1.62. The van der Waals surface area contributed by atoms with Gasteiger partial charge in [-0.25, -0.2) is 9.97 Å². The van der Waals surface area contributed by atoms with E-state index in [1.807, 2.05) is 24.3 Å². The minimum atomic E-state index is -0.0270. The Labute approximate surface area is 116 Å². The van der Waals surface area contributed by atoms with Gasteiger partial charge in [0.15, 0.2) is 11.6 Å². The van der Waals surface area contributed by atoms with E-state index in [-0.39, 0.29) is 12.5 Å². The van der Waals surface area contributed by atoms with Crippen LogP contribution in [0.5, 0.6) is 5.75 Å². The molecule has 2 heterocycles. The smallest absolute Gasteiger partial charge is 0.247 e. The summed E-state index contributed by atoms with van der Waals surface area (Å²) in [6.07, 6.45) is 3.18. The van der Waals surface area contributed by atoms with Crippen LogP contribution in [0.3, 0.4) is 0 Å². The van der Waals surface area contributed by atoms with Crippen LogP contribution in [-0.4, -0.2) is 29.5 Å². The first-order valence-corrected chi connectivity index (χ1v) is 6.26. The van der Waals surface area contributed by atoms with Crippen molar-refractivity contribution < 1.29 is 9.53 Å². The van der Waals surface area contributed by atoms with Crippen LogP contribution in [-0.2, 0) is 11.3 Å². The van der Waals surface area contributed by atoms with Crippen LogP contribution >= 0.6 is 0 Å². The molecular weight excluding hydrogens is 256 g/mol. The number of carbonyl (C=O) groups is 1. The third-order valence-corrected chi connectivity index (χ3v) is 3.12. The lowest BCUT2D eigenvalue weighted by molar-refractivity contribution is -0.117. The van der Waals surface area contributed by atoms with E-state index < -0.39 is 0 Å². The van der Waals surface area contributed by atoms with E-state index in [2.05, 4.69) is 15.3 Å². The molecular formula is C14H14N4O2. The SMILES string of the molecule is COc1cccc(CN2C(=O)CNc3nccnc32)c1. The zero-order valence-electron chi connectivity index (χ0n) is 11.0. The molecule has 0 unspecified atom stereocenters. The molecule has 0 atom stereocenters. The van der Waals surface area contributed by atoms with Crippen LogP contribution in [0.2, 0.25) is 0 Å². The molecule has 3 rings (SSSR count). The molecule has 1 aromatic heterocycles. The number of benzene rings is 1. The molecule has 1 aliphatic heterocycles. The maximum Gasteiger partial charge on any atom is 0.247 e. The minimum absolute atomic E-state index is 0.0270. The zero-order valence-corrected chi connectivity index (χ0v) is 11.0. The van der Waals surface area contributed by atoms with E-state index in [0.29, 0.717) is 18.2 Å². The molecule has 2 aromatic rings.